The van der Waals surface area contributed by atoms with Crippen LogP contribution in [0, 0.1) is 13.8 Å². The van der Waals surface area contributed by atoms with Gasteiger partial charge in [-0.1, -0.05) is 25.1 Å². The van der Waals surface area contributed by atoms with Gasteiger partial charge in [-0.2, -0.15) is 8.42 Å². The molecule has 2 aromatic rings. The second kappa shape index (κ2) is 9.84. The first-order valence-electron chi connectivity index (χ1n) is 11.2. The molecule has 0 bridgehead atoms. The standard InChI is InChI=1S/C25H33NO7S/c1-7-22(34(28,29)30)25(19-9-8-16(2)17(3)12-19)10-11-26(15-25)24(27)18-13-20(31-4)23(33-6)21(14-18)32-5/h8-9,12-14,22H,7,10-11,15H2,1-6H3,(H,28,29,30). The van der Waals surface area contributed by atoms with Crippen molar-refractivity contribution in [3.63, 3.8) is 0 Å². The Balaban J connectivity index is 2.07. The van der Waals surface area contributed by atoms with Crippen molar-refractivity contribution in [1.29, 1.82) is 0 Å². The molecule has 2 atom stereocenters. The lowest BCUT2D eigenvalue weighted by Gasteiger charge is -2.36. The van der Waals surface area contributed by atoms with Crippen molar-refractivity contribution < 1.29 is 32.0 Å². The molecule has 0 radical (unpaired) electrons. The largest absolute Gasteiger partial charge is 0.493 e. The Morgan fingerprint density at radius 3 is 2.15 bits per heavy atom. The molecule has 186 valence electrons. The molecule has 1 saturated heterocycles. The first kappa shape index (κ1) is 25.8. The Bertz CT molecular complexity index is 1150. The number of benzene rings is 2. The van der Waals surface area contributed by atoms with Crippen LogP contribution in [0.1, 0.15) is 46.8 Å². The van der Waals surface area contributed by atoms with Gasteiger partial charge in [0.1, 0.15) is 0 Å². The highest BCUT2D eigenvalue weighted by molar-refractivity contribution is 7.86. The minimum absolute atomic E-state index is 0.156. The van der Waals surface area contributed by atoms with E-state index in [1.54, 1.807) is 24.0 Å². The van der Waals surface area contributed by atoms with Crippen LogP contribution in [-0.2, 0) is 15.5 Å². The van der Waals surface area contributed by atoms with Crippen molar-refractivity contribution in [2.75, 3.05) is 34.4 Å². The highest BCUT2D eigenvalue weighted by atomic mass is 32.2. The van der Waals surface area contributed by atoms with Gasteiger partial charge < -0.3 is 19.1 Å². The number of ether oxygens (including phenoxy) is 3. The van der Waals surface area contributed by atoms with Gasteiger partial charge in [0.05, 0.1) is 26.6 Å². The highest BCUT2D eigenvalue weighted by Crippen LogP contribution is 2.44. The molecule has 1 amide bonds. The lowest BCUT2D eigenvalue weighted by molar-refractivity contribution is 0.0781. The smallest absolute Gasteiger partial charge is 0.268 e. The summed E-state index contributed by atoms with van der Waals surface area (Å²) in [7, 11) is 0.0726. The maximum atomic E-state index is 13.5. The van der Waals surface area contributed by atoms with Gasteiger partial charge in [0, 0.05) is 24.1 Å². The third kappa shape index (κ3) is 4.59. The molecule has 0 aromatic heterocycles. The van der Waals surface area contributed by atoms with E-state index in [9.17, 15) is 17.8 Å². The number of rotatable bonds is 8. The molecule has 1 heterocycles. The van der Waals surface area contributed by atoms with E-state index in [-0.39, 0.29) is 18.9 Å². The number of hydrogen-bond donors (Lipinski definition) is 1. The summed E-state index contributed by atoms with van der Waals surface area (Å²) < 4.78 is 51.2. The van der Waals surface area contributed by atoms with Crippen LogP contribution in [0.3, 0.4) is 0 Å². The van der Waals surface area contributed by atoms with Gasteiger partial charge in [-0.3, -0.25) is 9.35 Å². The molecule has 1 fully saturated rings. The van der Waals surface area contributed by atoms with E-state index in [1.807, 2.05) is 32.0 Å². The Morgan fingerprint density at radius 1 is 1.06 bits per heavy atom. The summed E-state index contributed by atoms with van der Waals surface area (Å²) in [5.74, 6) is 0.809. The van der Waals surface area contributed by atoms with Crippen LogP contribution in [0.4, 0.5) is 0 Å². The Morgan fingerprint density at radius 2 is 1.68 bits per heavy atom. The Labute approximate surface area is 201 Å². The number of carbonyl (C=O) groups excluding carboxylic acids is 1. The average molecular weight is 492 g/mol. The Kier molecular flexibility index (Phi) is 7.47. The number of aryl methyl sites for hydroxylation is 2. The van der Waals surface area contributed by atoms with Crippen molar-refractivity contribution in [2.24, 2.45) is 0 Å². The van der Waals surface area contributed by atoms with Gasteiger partial charge in [0.2, 0.25) is 5.75 Å². The Hall–Kier alpha value is -2.78. The lowest BCUT2D eigenvalue weighted by atomic mass is 9.75. The maximum absolute atomic E-state index is 13.5. The summed E-state index contributed by atoms with van der Waals surface area (Å²) >= 11 is 0. The number of nitrogens with zero attached hydrogens (tertiary/aromatic N) is 1. The fourth-order valence-corrected chi connectivity index (χ4v) is 6.34. The molecule has 3 rings (SSSR count). The zero-order chi connectivity index (χ0) is 25.3. The van der Waals surface area contributed by atoms with Crippen LogP contribution in [0.5, 0.6) is 17.2 Å². The highest BCUT2D eigenvalue weighted by Gasteiger charge is 2.51. The second-order valence-corrected chi connectivity index (χ2v) is 10.4. The number of likely N-dealkylation sites (tertiary alicyclic amines) is 1. The van der Waals surface area contributed by atoms with Gasteiger partial charge >= 0.3 is 0 Å². The zero-order valence-electron chi connectivity index (χ0n) is 20.5. The third-order valence-corrected chi connectivity index (χ3v) is 8.43. The normalized spacial score (nSPS) is 19.1. The molecule has 2 aromatic carbocycles. The van der Waals surface area contributed by atoms with Crippen LogP contribution in [0.25, 0.3) is 0 Å². The van der Waals surface area contributed by atoms with Crippen molar-refractivity contribution in [3.8, 4) is 17.2 Å². The molecule has 0 aliphatic carbocycles. The monoisotopic (exact) mass is 491 g/mol. The van der Waals surface area contributed by atoms with Crippen LogP contribution < -0.4 is 14.2 Å². The summed E-state index contributed by atoms with van der Waals surface area (Å²) in [5, 5.41) is -1.04. The number of methoxy groups -OCH3 is 3. The molecule has 0 saturated carbocycles. The van der Waals surface area contributed by atoms with Gasteiger partial charge in [0.25, 0.3) is 16.0 Å². The summed E-state index contributed by atoms with van der Waals surface area (Å²) in [5.41, 5.74) is 2.32. The first-order valence-corrected chi connectivity index (χ1v) is 12.7. The molecule has 1 aliphatic heterocycles. The van der Waals surface area contributed by atoms with Crippen molar-refractivity contribution in [3.05, 3.63) is 52.6 Å². The molecule has 1 aliphatic rings. The third-order valence-electron chi connectivity index (χ3n) is 6.93. The van der Waals surface area contributed by atoms with Gasteiger partial charge in [-0.15, -0.1) is 0 Å². The molecule has 0 spiro atoms. The van der Waals surface area contributed by atoms with Crippen LogP contribution in [-0.4, -0.2) is 63.4 Å². The van der Waals surface area contributed by atoms with Crippen molar-refractivity contribution >= 4 is 16.0 Å². The summed E-state index contributed by atoms with van der Waals surface area (Å²) in [6.07, 6.45) is 0.627. The van der Waals surface area contributed by atoms with E-state index in [0.29, 0.717) is 35.8 Å². The number of carbonyl (C=O) groups is 1. The molecule has 8 nitrogen and oxygen atoms in total. The van der Waals surface area contributed by atoms with Crippen LogP contribution in [0.2, 0.25) is 0 Å². The molecule has 1 N–H and O–H groups in total. The topological polar surface area (TPSA) is 102 Å². The van der Waals surface area contributed by atoms with E-state index in [4.69, 9.17) is 14.2 Å². The molecular formula is C25H33NO7S. The van der Waals surface area contributed by atoms with E-state index >= 15 is 0 Å². The van der Waals surface area contributed by atoms with Gasteiger partial charge in [-0.05, 0) is 55.5 Å². The number of hydrogen-bond acceptors (Lipinski definition) is 6. The van der Waals surface area contributed by atoms with E-state index in [0.717, 1.165) is 16.7 Å². The van der Waals surface area contributed by atoms with Crippen LogP contribution in [0.15, 0.2) is 30.3 Å². The van der Waals surface area contributed by atoms with Gasteiger partial charge in [0.15, 0.2) is 11.5 Å². The van der Waals surface area contributed by atoms with Crippen LogP contribution >= 0.6 is 0 Å². The molecule has 34 heavy (non-hydrogen) atoms. The fraction of sp³-hybridized carbons (Fsp3) is 0.480. The van der Waals surface area contributed by atoms with E-state index in [1.165, 1.54) is 21.3 Å². The fourth-order valence-electron chi connectivity index (χ4n) is 5.02. The quantitative estimate of drug-likeness (QED) is 0.561. The van der Waals surface area contributed by atoms with Gasteiger partial charge in [-0.25, -0.2) is 0 Å². The summed E-state index contributed by atoms with van der Waals surface area (Å²) in [6.45, 7) is 6.19. The molecular weight excluding hydrogens is 458 g/mol. The predicted octanol–water partition coefficient (Wildman–Crippen LogP) is 3.78. The van der Waals surface area contributed by atoms with E-state index < -0.39 is 20.8 Å². The van der Waals surface area contributed by atoms with Crippen molar-refractivity contribution in [2.45, 2.75) is 44.3 Å². The second-order valence-electron chi connectivity index (χ2n) is 8.76. The van der Waals surface area contributed by atoms with Crippen molar-refractivity contribution in [1.82, 2.24) is 4.90 Å². The minimum atomic E-state index is -4.37. The average Bonchev–Trinajstić information content (AvgIpc) is 3.24. The zero-order valence-corrected chi connectivity index (χ0v) is 21.4. The minimum Gasteiger partial charge on any atom is -0.493 e. The maximum Gasteiger partial charge on any atom is 0.268 e. The number of amides is 1. The first-order chi connectivity index (χ1) is 16.0. The predicted molar refractivity (Wildman–Crippen MR) is 130 cm³/mol. The molecule has 9 heteroatoms. The SMILES string of the molecule is CCC(C1(c2ccc(C)c(C)c2)CCN(C(=O)c2cc(OC)c(OC)c(OC)c2)C1)S(=O)(=O)O. The summed E-state index contributed by atoms with van der Waals surface area (Å²) in [6, 6.07) is 8.99. The molecule has 2 unspecified atom stereocenters. The lowest BCUT2D eigenvalue weighted by Crippen LogP contribution is -2.47. The summed E-state index contributed by atoms with van der Waals surface area (Å²) in [4.78, 5) is 15.2. The van der Waals surface area contributed by atoms with E-state index in [2.05, 4.69) is 0 Å².